The molecule has 1 N–H and O–H groups in total. The smallest absolute Gasteiger partial charge is 0.311 e. The van der Waals surface area contributed by atoms with Crippen LogP contribution >= 0.6 is 0 Å². The molecule has 0 unspecified atom stereocenters. The third kappa shape index (κ3) is 3.35. The number of nitrogens with one attached hydrogen (secondary N) is 1. The van der Waals surface area contributed by atoms with Gasteiger partial charge in [-0.05, 0) is 24.3 Å². The fourth-order valence-corrected chi connectivity index (χ4v) is 3.33. The van der Waals surface area contributed by atoms with E-state index in [4.69, 9.17) is 18.9 Å². The number of fused-ring (bicyclic) bond motifs is 1. The number of aromatic amines is 1. The number of hydrogen-bond donors (Lipinski definition) is 1. The monoisotopic (exact) mass is 425 g/mol. The Kier molecular flexibility index (Phi) is 5.07. The summed E-state index contributed by atoms with van der Waals surface area (Å²) in [5.41, 5.74) is 2.32. The Hall–Kier alpha value is -4.28. The number of nitro benzene ring substituents is 1. The van der Waals surface area contributed by atoms with Crippen molar-refractivity contribution in [1.29, 1.82) is 0 Å². The molecule has 31 heavy (non-hydrogen) atoms. The predicted molar refractivity (Wildman–Crippen MR) is 111 cm³/mol. The summed E-state index contributed by atoms with van der Waals surface area (Å²) >= 11 is 0. The van der Waals surface area contributed by atoms with E-state index in [9.17, 15) is 10.1 Å². The van der Waals surface area contributed by atoms with Gasteiger partial charge in [-0.2, -0.15) is 0 Å². The van der Waals surface area contributed by atoms with Gasteiger partial charge in [0.15, 0.2) is 28.7 Å². The van der Waals surface area contributed by atoms with E-state index in [1.54, 1.807) is 34.8 Å². The molecule has 0 radical (unpaired) electrons. The van der Waals surface area contributed by atoms with Gasteiger partial charge in [0.1, 0.15) is 0 Å². The standard InChI is InChI=1S/C20H19N5O6/c1-28-15-6-5-11(7-14(15)25(26)27)13-10-18-21-22-20(24(18)23-13)12-8-16(29-2)19(31-4)17(9-12)30-3/h5-10,23H,1-4H3. The van der Waals surface area contributed by atoms with E-state index in [0.29, 0.717) is 45.5 Å². The largest absolute Gasteiger partial charge is 0.493 e. The average molecular weight is 425 g/mol. The Balaban J connectivity index is 1.83. The fourth-order valence-electron chi connectivity index (χ4n) is 3.33. The maximum Gasteiger partial charge on any atom is 0.311 e. The molecule has 0 bridgehead atoms. The average Bonchev–Trinajstić information content (AvgIpc) is 3.38. The molecule has 4 aromatic rings. The molecule has 0 aliphatic heterocycles. The van der Waals surface area contributed by atoms with Crippen LogP contribution in [0, 0.1) is 10.1 Å². The van der Waals surface area contributed by atoms with Gasteiger partial charge >= 0.3 is 5.69 Å². The highest BCUT2D eigenvalue weighted by atomic mass is 16.6. The van der Waals surface area contributed by atoms with Gasteiger partial charge in [-0.1, -0.05) is 0 Å². The second kappa shape index (κ2) is 7.86. The van der Waals surface area contributed by atoms with Gasteiger partial charge in [0, 0.05) is 23.3 Å². The SMILES string of the molecule is COc1ccc(-c2cc3nnc(-c4cc(OC)c(OC)c(OC)c4)n3[nH]2)cc1[N+](=O)[O-]. The predicted octanol–water partition coefficient (Wildman–Crippen LogP) is 3.33. The Morgan fingerprint density at radius 1 is 0.871 bits per heavy atom. The topological polar surface area (TPSA) is 126 Å². The van der Waals surface area contributed by atoms with Crippen molar-refractivity contribution in [2.45, 2.75) is 0 Å². The minimum absolute atomic E-state index is 0.129. The number of nitro groups is 1. The van der Waals surface area contributed by atoms with E-state index < -0.39 is 4.92 Å². The minimum Gasteiger partial charge on any atom is -0.493 e. The number of hydrogen-bond acceptors (Lipinski definition) is 8. The number of methoxy groups -OCH3 is 4. The van der Waals surface area contributed by atoms with Gasteiger partial charge in [0.25, 0.3) is 0 Å². The van der Waals surface area contributed by atoms with Gasteiger partial charge in [-0.15, -0.1) is 10.2 Å². The molecule has 11 heteroatoms. The van der Waals surface area contributed by atoms with Crippen molar-refractivity contribution >= 4 is 11.3 Å². The van der Waals surface area contributed by atoms with E-state index in [1.807, 2.05) is 0 Å². The minimum atomic E-state index is -0.487. The van der Waals surface area contributed by atoms with Crippen LogP contribution in [-0.2, 0) is 0 Å². The highest BCUT2D eigenvalue weighted by Crippen LogP contribution is 2.41. The molecule has 0 aliphatic rings. The first-order valence-corrected chi connectivity index (χ1v) is 9.08. The summed E-state index contributed by atoms with van der Waals surface area (Å²) in [5.74, 6) is 2.11. The molecule has 2 aromatic heterocycles. The van der Waals surface area contributed by atoms with Crippen LogP contribution in [0.3, 0.4) is 0 Å². The normalized spacial score (nSPS) is 10.8. The zero-order valence-electron chi connectivity index (χ0n) is 17.2. The van der Waals surface area contributed by atoms with E-state index in [0.717, 1.165) is 0 Å². The number of benzene rings is 2. The van der Waals surface area contributed by atoms with Gasteiger partial charge in [-0.25, -0.2) is 4.52 Å². The van der Waals surface area contributed by atoms with Crippen LogP contribution in [0.2, 0.25) is 0 Å². The molecule has 2 aromatic carbocycles. The van der Waals surface area contributed by atoms with Crippen molar-refractivity contribution in [3.8, 4) is 45.6 Å². The summed E-state index contributed by atoms with van der Waals surface area (Å²) in [6, 6.07) is 9.99. The molecule has 2 heterocycles. The number of nitrogens with zero attached hydrogens (tertiary/aromatic N) is 4. The number of rotatable bonds is 7. The summed E-state index contributed by atoms with van der Waals surface area (Å²) in [7, 11) is 5.98. The zero-order valence-corrected chi connectivity index (χ0v) is 17.2. The van der Waals surface area contributed by atoms with E-state index in [-0.39, 0.29) is 11.4 Å². The van der Waals surface area contributed by atoms with E-state index >= 15 is 0 Å². The molecule has 0 saturated carbocycles. The number of aromatic nitrogens is 4. The molecular weight excluding hydrogens is 406 g/mol. The van der Waals surface area contributed by atoms with Crippen LogP contribution in [0.5, 0.6) is 23.0 Å². The second-order valence-corrected chi connectivity index (χ2v) is 6.44. The second-order valence-electron chi connectivity index (χ2n) is 6.44. The molecule has 0 saturated heterocycles. The summed E-state index contributed by atoms with van der Waals surface area (Å²) in [4.78, 5) is 10.9. The van der Waals surface area contributed by atoms with E-state index in [1.165, 1.54) is 34.5 Å². The molecule has 0 fully saturated rings. The Bertz CT molecular complexity index is 1250. The molecule has 0 aliphatic carbocycles. The van der Waals surface area contributed by atoms with Gasteiger partial charge in [-0.3, -0.25) is 15.2 Å². The van der Waals surface area contributed by atoms with Crippen molar-refractivity contribution in [2.24, 2.45) is 0 Å². The van der Waals surface area contributed by atoms with Crippen molar-refractivity contribution in [1.82, 2.24) is 19.8 Å². The van der Waals surface area contributed by atoms with Gasteiger partial charge in [0.05, 0.1) is 39.1 Å². The molecule has 11 nitrogen and oxygen atoms in total. The van der Waals surface area contributed by atoms with Gasteiger partial charge in [0.2, 0.25) is 5.75 Å². The summed E-state index contributed by atoms with van der Waals surface area (Å²) in [6.07, 6.45) is 0. The first-order valence-electron chi connectivity index (χ1n) is 9.08. The van der Waals surface area contributed by atoms with Crippen LogP contribution in [0.15, 0.2) is 36.4 Å². The molecule has 0 atom stereocenters. The van der Waals surface area contributed by atoms with E-state index in [2.05, 4.69) is 15.3 Å². The van der Waals surface area contributed by atoms with Crippen LogP contribution in [0.25, 0.3) is 28.3 Å². The first-order chi connectivity index (χ1) is 15.0. The quantitative estimate of drug-likeness (QED) is 0.353. The number of H-pyrrole nitrogens is 1. The fraction of sp³-hybridized carbons (Fsp3) is 0.200. The van der Waals surface area contributed by atoms with Crippen LogP contribution in [0.1, 0.15) is 0 Å². The lowest BCUT2D eigenvalue weighted by atomic mass is 10.1. The summed E-state index contributed by atoms with van der Waals surface area (Å²) in [5, 5.41) is 23.0. The van der Waals surface area contributed by atoms with Crippen LogP contribution in [0.4, 0.5) is 5.69 Å². The summed E-state index contributed by atoms with van der Waals surface area (Å²) in [6.45, 7) is 0. The van der Waals surface area contributed by atoms with Crippen molar-refractivity contribution in [3.63, 3.8) is 0 Å². The molecular formula is C20H19N5O6. The van der Waals surface area contributed by atoms with Crippen molar-refractivity contribution in [3.05, 3.63) is 46.5 Å². The highest BCUT2D eigenvalue weighted by molar-refractivity contribution is 5.72. The van der Waals surface area contributed by atoms with Gasteiger partial charge < -0.3 is 18.9 Å². The first kappa shape index (κ1) is 20.0. The lowest BCUT2D eigenvalue weighted by molar-refractivity contribution is -0.385. The Morgan fingerprint density at radius 3 is 2.13 bits per heavy atom. The molecule has 160 valence electrons. The molecule has 4 rings (SSSR count). The van der Waals surface area contributed by atoms with Crippen molar-refractivity contribution < 1.29 is 23.9 Å². The molecule has 0 spiro atoms. The highest BCUT2D eigenvalue weighted by Gasteiger charge is 2.20. The van der Waals surface area contributed by atoms with Crippen molar-refractivity contribution in [2.75, 3.05) is 28.4 Å². The molecule has 0 amide bonds. The summed E-state index contributed by atoms with van der Waals surface area (Å²) < 4.78 is 22.9. The maximum atomic E-state index is 11.4. The Morgan fingerprint density at radius 2 is 1.55 bits per heavy atom. The number of ether oxygens (including phenoxy) is 4. The lowest BCUT2D eigenvalue weighted by Crippen LogP contribution is -1.98. The van der Waals surface area contributed by atoms with Crippen LogP contribution in [-0.4, -0.2) is 53.2 Å². The lowest BCUT2D eigenvalue weighted by Gasteiger charge is -2.13. The van der Waals surface area contributed by atoms with Crippen LogP contribution < -0.4 is 18.9 Å². The maximum absolute atomic E-state index is 11.4. The third-order valence-corrected chi connectivity index (χ3v) is 4.80. The Labute approximate surface area is 176 Å². The third-order valence-electron chi connectivity index (χ3n) is 4.80. The zero-order chi connectivity index (χ0) is 22.1.